The van der Waals surface area contributed by atoms with Crippen LogP contribution in [0.4, 0.5) is 0 Å². The molecule has 0 amide bonds. The molecule has 0 aromatic heterocycles. The van der Waals surface area contributed by atoms with Crippen LogP contribution >= 0.6 is 23.4 Å². The lowest BCUT2D eigenvalue weighted by molar-refractivity contribution is 0.214. The summed E-state index contributed by atoms with van der Waals surface area (Å²) in [5.41, 5.74) is 0.318. The first-order valence-electron chi connectivity index (χ1n) is 5.22. The molecule has 0 spiro atoms. The van der Waals surface area contributed by atoms with Crippen molar-refractivity contribution in [2.75, 3.05) is 23.9 Å². The summed E-state index contributed by atoms with van der Waals surface area (Å²) in [5.74, 6) is 3.30. The molecule has 1 rings (SSSR count). The van der Waals surface area contributed by atoms with Gasteiger partial charge in [-0.2, -0.15) is 11.8 Å². The summed E-state index contributed by atoms with van der Waals surface area (Å²) < 4.78 is 0. The van der Waals surface area contributed by atoms with Gasteiger partial charge in [-0.1, -0.05) is 6.92 Å². The number of thioether (sulfide) groups is 1. The molecule has 0 aromatic carbocycles. The minimum Gasteiger partial charge on any atom is -0.310 e. The topological polar surface area (TPSA) is 12.0 Å². The monoisotopic (exact) mass is 221 g/mol. The summed E-state index contributed by atoms with van der Waals surface area (Å²) in [4.78, 5) is 0. The molecule has 0 bridgehead atoms. The van der Waals surface area contributed by atoms with Crippen molar-refractivity contribution in [3.05, 3.63) is 0 Å². The highest BCUT2D eigenvalue weighted by molar-refractivity contribution is 7.99. The summed E-state index contributed by atoms with van der Waals surface area (Å²) in [6.07, 6.45) is 5.18. The molecular formula is C10H20ClNS. The molecule has 1 aliphatic rings. The molecule has 1 saturated carbocycles. The second-order valence-corrected chi connectivity index (χ2v) is 5.41. The lowest BCUT2D eigenvalue weighted by Crippen LogP contribution is -2.52. The van der Waals surface area contributed by atoms with Gasteiger partial charge in [0.15, 0.2) is 0 Å². The Balaban J connectivity index is 1.98. The third-order valence-corrected chi connectivity index (χ3v) is 4.23. The van der Waals surface area contributed by atoms with Gasteiger partial charge in [-0.25, -0.2) is 0 Å². The average molecular weight is 222 g/mol. The highest BCUT2D eigenvalue weighted by atomic mass is 35.5. The van der Waals surface area contributed by atoms with Gasteiger partial charge in [0.1, 0.15) is 0 Å². The van der Waals surface area contributed by atoms with E-state index in [0.717, 1.165) is 12.4 Å². The molecule has 1 nitrogen and oxygen atoms in total. The van der Waals surface area contributed by atoms with E-state index < -0.39 is 0 Å². The van der Waals surface area contributed by atoms with Crippen molar-refractivity contribution < 1.29 is 0 Å². The van der Waals surface area contributed by atoms with Crippen LogP contribution in [0.2, 0.25) is 0 Å². The fourth-order valence-corrected chi connectivity index (χ4v) is 2.63. The Bertz CT molecular complexity index is 131. The van der Waals surface area contributed by atoms with Crippen molar-refractivity contribution in [1.82, 2.24) is 5.32 Å². The molecule has 0 aliphatic heterocycles. The smallest absolute Gasteiger partial charge is 0.0406 e. The molecule has 0 aromatic rings. The van der Waals surface area contributed by atoms with Gasteiger partial charge in [-0.05, 0) is 43.7 Å². The van der Waals surface area contributed by atoms with E-state index >= 15 is 0 Å². The van der Waals surface area contributed by atoms with E-state index in [0.29, 0.717) is 5.54 Å². The van der Waals surface area contributed by atoms with Gasteiger partial charge in [-0.15, -0.1) is 11.6 Å². The molecule has 0 radical (unpaired) electrons. The van der Waals surface area contributed by atoms with Crippen LogP contribution in [0.25, 0.3) is 0 Å². The molecule has 78 valence electrons. The molecule has 0 unspecified atom stereocenters. The van der Waals surface area contributed by atoms with Gasteiger partial charge in [0.25, 0.3) is 0 Å². The Morgan fingerprint density at radius 3 is 2.69 bits per heavy atom. The molecule has 1 N–H and O–H groups in total. The lowest BCUT2D eigenvalue weighted by Gasteiger charge is -2.41. The Kier molecular flexibility index (Phi) is 5.52. The van der Waals surface area contributed by atoms with Crippen molar-refractivity contribution >= 4 is 23.4 Å². The van der Waals surface area contributed by atoms with Crippen LogP contribution in [0.3, 0.4) is 0 Å². The molecule has 1 aliphatic carbocycles. The van der Waals surface area contributed by atoms with Crippen molar-refractivity contribution in [3.63, 3.8) is 0 Å². The van der Waals surface area contributed by atoms with Crippen molar-refractivity contribution in [3.8, 4) is 0 Å². The van der Waals surface area contributed by atoms with E-state index in [4.69, 9.17) is 11.6 Å². The van der Waals surface area contributed by atoms with Crippen LogP contribution in [-0.4, -0.2) is 29.5 Å². The van der Waals surface area contributed by atoms with Crippen LogP contribution in [-0.2, 0) is 0 Å². The molecule has 13 heavy (non-hydrogen) atoms. The number of hydrogen-bond acceptors (Lipinski definition) is 2. The van der Waals surface area contributed by atoms with Crippen molar-refractivity contribution in [2.24, 2.45) is 0 Å². The molecule has 1 fully saturated rings. The van der Waals surface area contributed by atoms with Gasteiger partial charge < -0.3 is 5.32 Å². The minimum absolute atomic E-state index is 0.318. The first kappa shape index (κ1) is 11.7. The van der Waals surface area contributed by atoms with Crippen LogP contribution in [0.5, 0.6) is 0 Å². The summed E-state index contributed by atoms with van der Waals surface area (Å²) in [6.45, 7) is 3.35. The van der Waals surface area contributed by atoms with E-state index in [1.807, 2.05) is 11.8 Å². The molecule has 3 heteroatoms. The van der Waals surface area contributed by atoms with Gasteiger partial charge in [0.2, 0.25) is 0 Å². The summed E-state index contributed by atoms with van der Waals surface area (Å²) in [5, 5.41) is 3.60. The molecule has 0 heterocycles. The quantitative estimate of drug-likeness (QED) is 0.524. The van der Waals surface area contributed by atoms with E-state index in [9.17, 15) is 0 Å². The van der Waals surface area contributed by atoms with E-state index in [1.165, 1.54) is 37.2 Å². The van der Waals surface area contributed by atoms with E-state index in [2.05, 4.69) is 12.2 Å². The standard InChI is InChI=1S/C10H20ClNS/c1-2-13-8-4-7-12-10(9-11)5-3-6-10/h12H,2-9H2,1H3. The van der Waals surface area contributed by atoms with E-state index in [1.54, 1.807) is 0 Å². The number of hydrogen-bond donors (Lipinski definition) is 1. The average Bonchev–Trinajstić information content (AvgIpc) is 2.09. The third-order valence-electron chi connectivity index (χ3n) is 2.74. The maximum Gasteiger partial charge on any atom is 0.0406 e. The number of rotatable bonds is 7. The molecule has 0 atom stereocenters. The zero-order valence-corrected chi connectivity index (χ0v) is 10.0. The molecule has 0 saturated heterocycles. The SMILES string of the molecule is CCSCCCNC1(CCl)CCC1. The number of alkyl halides is 1. The first-order valence-corrected chi connectivity index (χ1v) is 6.91. The lowest BCUT2D eigenvalue weighted by atomic mass is 9.78. The predicted molar refractivity (Wildman–Crippen MR) is 62.9 cm³/mol. The normalized spacial score (nSPS) is 19.8. The maximum absolute atomic E-state index is 5.93. The van der Waals surface area contributed by atoms with Crippen LogP contribution in [0.15, 0.2) is 0 Å². The number of nitrogens with one attached hydrogen (secondary N) is 1. The highest BCUT2D eigenvalue weighted by Gasteiger charge is 2.34. The van der Waals surface area contributed by atoms with Gasteiger partial charge in [0, 0.05) is 11.4 Å². The predicted octanol–water partition coefficient (Wildman–Crippen LogP) is 2.88. The van der Waals surface area contributed by atoms with Crippen LogP contribution in [0.1, 0.15) is 32.6 Å². The Morgan fingerprint density at radius 1 is 1.46 bits per heavy atom. The first-order chi connectivity index (χ1) is 6.33. The Labute approximate surface area is 91.0 Å². The second-order valence-electron chi connectivity index (χ2n) is 3.74. The third kappa shape index (κ3) is 3.69. The summed E-state index contributed by atoms with van der Waals surface area (Å²) >= 11 is 7.95. The van der Waals surface area contributed by atoms with Crippen molar-refractivity contribution in [1.29, 1.82) is 0 Å². The van der Waals surface area contributed by atoms with Crippen LogP contribution in [0, 0.1) is 0 Å². The fraction of sp³-hybridized carbons (Fsp3) is 1.00. The zero-order valence-electron chi connectivity index (χ0n) is 8.44. The van der Waals surface area contributed by atoms with Crippen molar-refractivity contribution in [2.45, 2.75) is 38.1 Å². The fourth-order valence-electron chi connectivity index (χ4n) is 1.63. The largest absolute Gasteiger partial charge is 0.310 e. The highest BCUT2D eigenvalue weighted by Crippen LogP contribution is 2.32. The summed E-state index contributed by atoms with van der Waals surface area (Å²) in [7, 11) is 0. The molecular weight excluding hydrogens is 202 g/mol. The van der Waals surface area contributed by atoms with Gasteiger partial charge in [-0.3, -0.25) is 0 Å². The van der Waals surface area contributed by atoms with E-state index in [-0.39, 0.29) is 0 Å². The zero-order chi connectivity index (χ0) is 9.57. The Morgan fingerprint density at radius 2 is 2.23 bits per heavy atom. The van der Waals surface area contributed by atoms with Gasteiger partial charge in [0.05, 0.1) is 0 Å². The second kappa shape index (κ2) is 6.15. The van der Waals surface area contributed by atoms with Gasteiger partial charge >= 0.3 is 0 Å². The minimum atomic E-state index is 0.318. The van der Waals surface area contributed by atoms with Crippen LogP contribution < -0.4 is 5.32 Å². The number of halogens is 1. The summed E-state index contributed by atoms with van der Waals surface area (Å²) in [6, 6.07) is 0. The Hall–Kier alpha value is 0.600. The maximum atomic E-state index is 5.93.